The molecule has 0 bridgehead atoms. The second-order valence-corrected chi connectivity index (χ2v) is 5.16. The summed E-state index contributed by atoms with van der Waals surface area (Å²) in [5.74, 6) is 0.464. The Bertz CT molecular complexity index is 362. The summed E-state index contributed by atoms with van der Waals surface area (Å²) in [6.45, 7) is 6.53. The van der Waals surface area contributed by atoms with Crippen LogP contribution in [0.1, 0.15) is 26.3 Å². The normalized spacial score (nSPS) is 14.3. The van der Waals surface area contributed by atoms with E-state index in [4.69, 9.17) is 5.73 Å². The number of amides is 1. The number of rotatable bonds is 6. The second-order valence-electron chi connectivity index (χ2n) is 5.16. The summed E-state index contributed by atoms with van der Waals surface area (Å²) in [6, 6.07) is 10.1. The van der Waals surface area contributed by atoms with E-state index in [1.807, 2.05) is 25.1 Å². The van der Waals surface area contributed by atoms with Crippen LogP contribution in [0.15, 0.2) is 30.3 Å². The standard InChI is InChI=1S/C15H24N2O/c1-11(2)12(3)15(18)17-14(10-16)9-13-7-5-4-6-8-13/h4-8,11-12,14H,9-10,16H2,1-3H3,(H,17,18). The minimum Gasteiger partial charge on any atom is -0.352 e. The summed E-state index contributed by atoms with van der Waals surface area (Å²) in [4.78, 5) is 12.0. The molecule has 0 spiro atoms. The molecule has 3 nitrogen and oxygen atoms in total. The molecule has 0 aromatic heterocycles. The maximum atomic E-state index is 12.0. The van der Waals surface area contributed by atoms with Gasteiger partial charge in [0.25, 0.3) is 0 Å². The lowest BCUT2D eigenvalue weighted by Gasteiger charge is -2.21. The fourth-order valence-electron chi connectivity index (χ4n) is 1.73. The van der Waals surface area contributed by atoms with E-state index in [0.717, 1.165) is 6.42 Å². The third-order valence-electron chi connectivity index (χ3n) is 3.37. The maximum Gasteiger partial charge on any atom is 0.223 e. The molecule has 0 saturated heterocycles. The average Bonchev–Trinajstić information content (AvgIpc) is 2.37. The maximum absolute atomic E-state index is 12.0. The van der Waals surface area contributed by atoms with Crippen molar-refractivity contribution in [3.05, 3.63) is 35.9 Å². The van der Waals surface area contributed by atoms with Crippen LogP contribution in [0.25, 0.3) is 0 Å². The van der Waals surface area contributed by atoms with Gasteiger partial charge in [-0.25, -0.2) is 0 Å². The second kappa shape index (κ2) is 7.17. The Balaban J connectivity index is 2.55. The lowest BCUT2D eigenvalue weighted by atomic mass is 9.96. The van der Waals surface area contributed by atoms with Crippen molar-refractivity contribution in [3.63, 3.8) is 0 Å². The number of hydrogen-bond donors (Lipinski definition) is 2. The van der Waals surface area contributed by atoms with Crippen LogP contribution < -0.4 is 11.1 Å². The summed E-state index contributed by atoms with van der Waals surface area (Å²) in [5, 5.41) is 3.03. The number of carbonyl (C=O) groups is 1. The Kier molecular flexibility index (Phi) is 5.86. The molecule has 0 aliphatic rings. The van der Waals surface area contributed by atoms with E-state index in [-0.39, 0.29) is 17.9 Å². The SMILES string of the molecule is CC(C)C(C)C(=O)NC(CN)Cc1ccccc1. The topological polar surface area (TPSA) is 55.1 Å². The van der Waals surface area contributed by atoms with Crippen molar-refractivity contribution in [2.75, 3.05) is 6.54 Å². The van der Waals surface area contributed by atoms with E-state index < -0.39 is 0 Å². The third kappa shape index (κ3) is 4.49. The van der Waals surface area contributed by atoms with Gasteiger partial charge in [-0.05, 0) is 17.9 Å². The van der Waals surface area contributed by atoms with Gasteiger partial charge in [0.1, 0.15) is 0 Å². The van der Waals surface area contributed by atoms with E-state index in [1.165, 1.54) is 5.56 Å². The molecule has 2 atom stereocenters. The Morgan fingerprint density at radius 2 is 1.83 bits per heavy atom. The quantitative estimate of drug-likeness (QED) is 0.808. The number of benzene rings is 1. The molecular weight excluding hydrogens is 224 g/mol. The van der Waals surface area contributed by atoms with E-state index in [1.54, 1.807) is 0 Å². The van der Waals surface area contributed by atoms with Crippen LogP contribution >= 0.6 is 0 Å². The highest BCUT2D eigenvalue weighted by Crippen LogP contribution is 2.10. The molecule has 0 aliphatic heterocycles. The molecule has 100 valence electrons. The molecule has 0 aliphatic carbocycles. The first-order chi connectivity index (χ1) is 8.54. The zero-order valence-corrected chi connectivity index (χ0v) is 11.5. The van der Waals surface area contributed by atoms with E-state index in [2.05, 4.69) is 31.3 Å². The first-order valence-corrected chi connectivity index (χ1v) is 6.59. The van der Waals surface area contributed by atoms with Gasteiger partial charge in [-0.1, -0.05) is 51.1 Å². The van der Waals surface area contributed by atoms with Crippen LogP contribution in [0, 0.1) is 11.8 Å². The Hall–Kier alpha value is -1.35. The van der Waals surface area contributed by atoms with Gasteiger partial charge < -0.3 is 11.1 Å². The van der Waals surface area contributed by atoms with Crippen LogP contribution in [0.2, 0.25) is 0 Å². The van der Waals surface area contributed by atoms with Gasteiger partial charge in [0.05, 0.1) is 0 Å². The summed E-state index contributed by atoms with van der Waals surface area (Å²) in [6.07, 6.45) is 0.786. The number of hydrogen-bond acceptors (Lipinski definition) is 2. The molecule has 0 fully saturated rings. The predicted molar refractivity (Wildman–Crippen MR) is 75.1 cm³/mol. The minimum atomic E-state index is 0.0149. The summed E-state index contributed by atoms with van der Waals surface area (Å²) >= 11 is 0. The molecule has 1 aromatic rings. The fourth-order valence-corrected chi connectivity index (χ4v) is 1.73. The van der Waals surface area contributed by atoms with Crippen LogP contribution in [0.4, 0.5) is 0 Å². The first kappa shape index (κ1) is 14.7. The highest BCUT2D eigenvalue weighted by Gasteiger charge is 2.19. The highest BCUT2D eigenvalue weighted by atomic mass is 16.1. The number of nitrogens with two attached hydrogens (primary N) is 1. The van der Waals surface area contributed by atoms with Gasteiger partial charge in [-0.3, -0.25) is 4.79 Å². The summed E-state index contributed by atoms with van der Waals surface area (Å²) < 4.78 is 0. The molecular formula is C15H24N2O. The molecule has 1 rings (SSSR count). The summed E-state index contributed by atoms with van der Waals surface area (Å²) in [5.41, 5.74) is 6.93. The average molecular weight is 248 g/mol. The zero-order chi connectivity index (χ0) is 13.5. The Morgan fingerprint density at radius 1 is 1.22 bits per heavy atom. The molecule has 0 saturated carbocycles. The lowest BCUT2D eigenvalue weighted by Crippen LogP contribution is -2.44. The smallest absolute Gasteiger partial charge is 0.223 e. The van der Waals surface area contributed by atoms with Crippen molar-refractivity contribution in [3.8, 4) is 0 Å². The van der Waals surface area contributed by atoms with Gasteiger partial charge in [0.15, 0.2) is 0 Å². The highest BCUT2D eigenvalue weighted by molar-refractivity contribution is 5.78. The predicted octanol–water partition coefficient (Wildman–Crippen LogP) is 1.96. The number of carbonyl (C=O) groups excluding carboxylic acids is 1. The van der Waals surface area contributed by atoms with Crippen molar-refractivity contribution in [1.29, 1.82) is 0 Å². The third-order valence-corrected chi connectivity index (χ3v) is 3.37. The molecule has 0 heterocycles. The lowest BCUT2D eigenvalue weighted by molar-refractivity contribution is -0.126. The van der Waals surface area contributed by atoms with Crippen LogP contribution in [-0.2, 0) is 11.2 Å². The van der Waals surface area contributed by atoms with E-state index >= 15 is 0 Å². The van der Waals surface area contributed by atoms with Gasteiger partial charge in [-0.15, -0.1) is 0 Å². The van der Waals surface area contributed by atoms with E-state index in [9.17, 15) is 4.79 Å². The summed E-state index contributed by atoms with van der Waals surface area (Å²) in [7, 11) is 0. The van der Waals surface area contributed by atoms with Gasteiger partial charge >= 0.3 is 0 Å². The molecule has 1 amide bonds. The van der Waals surface area contributed by atoms with Crippen molar-refractivity contribution in [1.82, 2.24) is 5.32 Å². The zero-order valence-electron chi connectivity index (χ0n) is 11.5. The van der Waals surface area contributed by atoms with Gasteiger partial charge in [0, 0.05) is 18.5 Å². The van der Waals surface area contributed by atoms with Crippen molar-refractivity contribution in [2.24, 2.45) is 17.6 Å². The molecule has 3 heteroatoms. The fraction of sp³-hybridized carbons (Fsp3) is 0.533. The molecule has 3 N–H and O–H groups in total. The molecule has 1 aromatic carbocycles. The van der Waals surface area contributed by atoms with Crippen molar-refractivity contribution < 1.29 is 4.79 Å². The van der Waals surface area contributed by atoms with Crippen LogP contribution in [-0.4, -0.2) is 18.5 Å². The minimum absolute atomic E-state index is 0.0149. The Morgan fingerprint density at radius 3 is 2.33 bits per heavy atom. The van der Waals surface area contributed by atoms with Crippen molar-refractivity contribution >= 4 is 5.91 Å². The first-order valence-electron chi connectivity index (χ1n) is 6.59. The molecule has 0 radical (unpaired) electrons. The molecule has 18 heavy (non-hydrogen) atoms. The monoisotopic (exact) mass is 248 g/mol. The Labute approximate surface area is 110 Å². The van der Waals surface area contributed by atoms with E-state index in [0.29, 0.717) is 12.5 Å². The van der Waals surface area contributed by atoms with Crippen LogP contribution in [0.3, 0.4) is 0 Å². The van der Waals surface area contributed by atoms with Gasteiger partial charge in [-0.2, -0.15) is 0 Å². The van der Waals surface area contributed by atoms with Crippen molar-refractivity contribution in [2.45, 2.75) is 33.2 Å². The largest absolute Gasteiger partial charge is 0.352 e. The van der Waals surface area contributed by atoms with Gasteiger partial charge in [0.2, 0.25) is 5.91 Å². The molecule has 2 unspecified atom stereocenters. The number of nitrogens with one attached hydrogen (secondary N) is 1. The van der Waals surface area contributed by atoms with Crippen LogP contribution in [0.5, 0.6) is 0 Å².